The van der Waals surface area contributed by atoms with Gasteiger partial charge in [0.15, 0.2) is 17.7 Å². The van der Waals surface area contributed by atoms with Gasteiger partial charge in [0.1, 0.15) is 11.4 Å². The second kappa shape index (κ2) is 5.05. The molecule has 0 amide bonds. The number of aromatic nitrogens is 1. The van der Waals surface area contributed by atoms with Crippen molar-refractivity contribution in [1.29, 1.82) is 0 Å². The molecule has 9 heteroatoms. The lowest BCUT2D eigenvalue weighted by atomic mass is 9.83. The number of nitrogens with two attached hydrogens (primary N) is 2. The van der Waals surface area contributed by atoms with Gasteiger partial charge in [-0.05, 0) is 23.8 Å². The number of pyridine rings is 1. The Kier molecular flexibility index (Phi) is 3.51. The predicted octanol–water partition coefficient (Wildman–Crippen LogP) is 2.77. The second-order valence-electron chi connectivity index (χ2n) is 5.07. The first kappa shape index (κ1) is 16.0. The van der Waals surface area contributed by atoms with Crippen molar-refractivity contribution in [2.24, 2.45) is 11.5 Å². The number of halogens is 5. The number of rotatable bonds is 1. The van der Waals surface area contributed by atoms with Crippen molar-refractivity contribution in [3.05, 3.63) is 58.1 Å². The fourth-order valence-corrected chi connectivity index (χ4v) is 2.72. The summed E-state index contributed by atoms with van der Waals surface area (Å²) in [7, 11) is 0. The summed E-state index contributed by atoms with van der Waals surface area (Å²) in [5.74, 6) is -1.21. The van der Waals surface area contributed by atoms with E-state index < -0.39 is 35.2 Å². The molecule has 4 N–H and O–H groups in total. The van der Waals surface area contributed by atoms with Crippen LogP contribution in [-0.2, 0) is 11.7 Å². The summed E-state index contributed by atoms with van der Waals surface area (Å²) in [6, 6.07) is 4.85. The van der Waals surface area contributed by atoms with Crippen LogP contribution < -0.4 is 16.2 Å². The second-order valence-corrected chi connectivity index (χ2v) is 5.48. The van der Waals surface area contributed by atoms with E-state index in [-0.39, 0.29) is 16.1 Å². The Morgan fingerprint density at radius 1 is 1.26 bits per heavy atom. The van der Waals surface area contributed by atoms with Crippen molar-refractivity contribution in [2.75, 3.05) is 0 Å². The molecule has 0 bridgehead atoms. The molecule has 1 aliphatic rings. The fourth-order valence-electron chi connectivity index (χ4n) is 2.54. The topological polar surface area (TPSA) is 74.2 Å². The number of hydrogen-bond donors (Lipinski definition) is 2. The predicted molar refractivity (Wildman–Crippen MR) is 74.2 cm³/mol. The van der Waals surface area contributed by atoms with Gasteiger partial charge in [-0.15, -0.1) is 0 Å². The lowest BCUT2D eigenvalue weighted by molar-refractivity contribution is -0.142. The average Bonchev–Trinajstić information content (AvgIpc) is 2.73. The van der Waals surface area contributed by atoms with Gasteiger partial charge < -0.3 is 10.5 Å². The van der Waals surface area contributed by atoms with Gasteiger partial charge in [0.2, 0.25) is 0 Å². The molecule has 2 heterocycles. The number of alkyl halides is 3. The zero-order valence-electron chi connectivity index (χ0n) is 11.4. The van der Waals surface area contributed by atoms with E-state index in [1.54, 1.807) is 0 Å². The lowest BCUT2D eigenvalue weighted by Gasteiger charge is -2.28. The third kappa shape index (κ3) is 2.34. The SMILES string of the molecule is NC1Oc2c(ccnc2C(F)(F)F)C1(N)c1ccc(F)c(Cl)c1. The van der Waals surface area contributed by atoms with Crippen LogP contribution in [0.15, 0.2) is 30.5 Å². The molecule has 1 aromatic carbocycles. The van der Waals surface area contributed by atoms with E-state index in [4.69, 9.17) is 27.8 Å². The van der Waals surface area contributed by atoms with Crippen LogP contribution in [0.5, 0.6) is 5.75 Å². The first-order valence-electron chi connectivity index (χ1n) is 6.39. The van der Waals surface area contributed by atoms with Gasteiger partial charge in [-0.2, -0.15) is 13.2 Å². The maximum Gasteiger partial charge on any atom is 0.437 e. The Morgan fingerprint density at radius 3 is 2.57 bits per heavy atom. The molecule has 0 aliphatic carbocycles. The van der Waals surface area contributed by atoms with Crippen LogP contribution in [0.3, 0.4) is 0 Å². The van der Waals surface area contributed by atoms with Gasteiger partial charge in [-0.1, -0.05) is 17.7 Å². The zero-order valence-corrected chi connectivity index (χ0v) is 12.1. The lowest BCUT2D eigenvalue weighted by Crippen LogP contribution is -2.52. The van der Waals surface area contributed by atoms with Crippen molar-refractivity contribution in [1.82, 2.24) is 4.98 Å². The zero-order chi connectivity index (χ0) is 17.0. The van der Waals surface area contributed by atoms with Crippen LogP contribution in [0.4, 0.5) is 17.6 Å². The summed E-state index contributed by atoms with van der Waals surface area (Å²) in [6.45, 7) is 0. The third-order valence-electron chi connectivity index (χ3n) is 3.71. The first-order valence-corrected chi connectivity index (χ1v) is 6.77. The van der Waals surface area contributed by atoms with Crippen molar-refractivity contribution in [2.45, 2.75) is 17.9 Å². The van der Waals surface area contributed by atoms with Gasteiger partial charge in [0, 0.05) is 11.8 Å². The van der Waals surface area contributed by atoms with Crippen LogP contribution >= 0.6 is 11.6 Å². The number of nitrogens with zero attached hydrogens (tertiary/aromatic N) is 1. The quantitative estimate of drug-likeness (QED) is 0.778. The Bertz CT molecular complexity index is 783. The maximum absolute atomic E-state index is 13.3. The molecular weight excluding hydrogens is 338 g/mol. The number of hydrogen-bond acceptors (Lipinski definition) is 4. The molecule has 0 radical (unpaired) electrons. The first-order chi connectivity index (χ1) is 10.7. The van der Waals surface area contributed by atoms with Gasteiger partial charge in [-0.3, -0.25) is 5.73 Å². The van der Waals surface area contributed by atoms with Crippen LogP contribution in [0.2, 0.25) is 5.02 Å². The maximum atomic E-state index is 13.3. The van der Waals surface area contributed by atoms with Crippen molar-refractivity contribution < 1.29 is 22.3 Å². The molecular formula is C14H10ClF4N3O. The third-order valence-corrected chi connectivity index (χ3v) is 4.00. The van der Waals surface area contributed by atoms with Crippen molar-refractivity contribution in [3.8, 4) is 5.75 Å². The minimum atomic E-state index is -4.73. The van der Waals surface area contributed by atoms with E-state index in [9.17, 15) is 17.6 Å². The molecule has 0 saturated heterocycles. The minimum Gasteiger partial charge on any atom is -0.470 e. The summed E-state index contributed by atoms with van der Waals surface area (Å²) < 4.78 is 57.6. The molecule has 0 saturated carbocycles. The van der Waals surface area contributed by atoms with Crippen LogP contribution in [0.1, 0.15) is 16.8 Å². The van der Waals surface area contributed by atoms with Gasteiger partial charge in [0.05, 0.1) is 5.02 Å². The molecule has 0 fully saturated rings. The van der Waals surface area contributed by atoms with E-state index in [1.807, 2.05) is 0 Å². The molecule has 4 nitrogen and oxygen atoms in total. The smallest absolute Gasteiger partial charge is 0.437 e. The minimum absolute atomic E-state index is 0.00926. The molecule has 1 aromatic heterocycles. The van der Waals surface area contributed by atoms with E-state index in [0.717, 1.165) is 12.3 Å². The van der Waals surface area contributed by atoms with Crippen LogP contribution in [-0.4, -0.2) is 11.2 Å². The Hall–Kier alpha value is -1.90. The highest BCUT2D eigenvalue weighted by Crippen LogP contribution is 2.47. The molecule has 2 aromatic rings. The standard InChI is InChI=1S/C14H10ClF4N3O/c15-8-5-6(1-2-9(8)16)13(21)7-3-4-22-11(14(17,18)19)10(7)23-12(13)20/h1-5,12H,20-21H2. The molecule has 1 aliphatic heterocycles. The summed E-state index contributed by atoms with van der Waals surface area (Å²) >= 11 is 5.73. The van der Waals surface area contributed by atoms with Crippen molar-refractivity contribution in [3.63, 3.8) is 0 Å². The number of fused-ring (bicyclic) bond motifs is 1. The van der Waals surface area contributed by atoms with E-state index in [2.05, 4.69) is 4.98 Å². The fraction of sp³-hybridized carbons (Fsp3) is 0.214. The molecule has 3 rings (SSSR count). The number of ether oxygens (including phenoxy) is 1. The molecule has 23 heavy (non-hydrogen) atoms. The molecule has 0 spiro atoms. The Labute approximate surface area is 133 Å². The van der Waals surface area contributed by atoms with E-state index >= 15 is 0 Å². The largest absolute Gasteiger partial charge is 0.470 e. The summed E-state index contributed by atoms with van der Waals surface area (Å²) in [5, 5.41) is -0.224. The highest BCUT2D eigenvalue weighted by molar-refractivity contribution is 6.30. The summed E-state index contributed by atoms with van der Waals surface area (Å²) in [5.41, 5.74) is 9.47. The van der Waals surface area contributed by atoms with Crippen LogP contribution in [0.25, 0.3) is 0 Å². The highest BCUT2D eigenvalue weighted by atomic mass is 35.5. The van der Waals surface area contributed by atoms with E-state index in [0.29, 0.717) is 0 Å². The molecule has 2 atom stereocenters. The van der Waals surface area contributed by atoms with Crippen molar-refractivity contribution >= 4 is 11.6 Å². The Morgan fingerprint density at radius 2 is 1.96 bits per heavy atom. The summed E-state index contributed by atoms with van der Waals surface area (Å²) in [6.07, 6.45) is -5.07. The van der Waals surface area contributed by atoms with Crippen LogP contribution in [0, 0.1) is 5.82 Å². The van der Waals surface area contributed by atoms with Gasteiger partial charge >= 0.3 is 6.18 Å². The molecule has 2 unspecified atom stereocenters. The molecule has 122 valence electrons. The van der Waals surface area contributed by atoms with Gasteiger partial charge in [-0.25, -0.2) is 9.37 Å². The highest BCUT2D eigenvalue weighted by Gasteiger charge is 2.50. The van der Waals surface area contributed by atoms with E-state index in [1.165, 1.54) is 18.2 Å². The average molecular weight is 348 g/mol. The normalized spacial score (nSPS) is 23.5. The number of benzene rings is 1. The summed E-state index contributed by atoms with van der Waals surface area (Å²) in [4.78, 5) is 3.30. The Balaban J connectivity index is 2.22. The monoisotopic (exact) mass is 347 g/mol. The van der Waals surface area contributed by atoms with Gasteiger partial charge in [0.25, 0.3) is 0 Å².